The van der Waals surface area contributed by atoms with Crippen LogP contribution < -0.4 is 10.2 Å². The second-order valence-corrected chi connectivity index (χ2v) is 6.18. The number of rotatable bonds is 3. The Morgan fingerprint density at radius 1 is 1.00 bits per heavy atom. The molecule has 3 rings (SSSR count). The number of anilines is 2. The Morgan fingerprint density at radius 2 is 1.58 bits per heavy atom. The molecule has 126 valence electrons. The Hall–Kier alpha value is -2.47. The molecule has 1 amide bonds. The molecule has 0 saturated carbocycles. The molecule has 1 aliphatic heterocycles. The average Bonchev–Trinajstić information content (AvgIpc) is 2.59. The monoisotopic (exact) mass is 325 g/mol. The van der Waals surface area contributed by atoms with E-state index in [1.807, 2.05) is 32.0 Å². The van der Waals surface area contributed by atoms with E-state index in [4.69, 9.17) is 0 Å². The molecule has 2 aromatic rings. The van der Waals surface area contributed by atoms with Crippen LogP contribution in [0.25, 0.3) is 0 Å². The summed E-state index contributed by atoms with van der Waals surface area (Å²) in [6.45, 7) is 7.68. The first-order chi connectivity index (χ1) is 11.5. The zero-order chi connectivity index (χ0) is 17.1. The number of aryl methyl sites for hydroxylation is 2. The quantitative estimate of drug-likeness (QED) is 0.936. The van der Waals surface area contributed by atoms with Crippen LogP contribution in [0.1, 0.15) is 21.7 Å². The van der Waals surface area contributed by atoms with Crippen LogP contribution in [0.4, 0.5) is 11.6 Å². The van der Waals surface area contributed by atoms with Crippen LogP contribution in [-0.4, -0.2) is 54.0 Å². The van der Waals surface area contributed by atoms with Crippen molar-refractivity contribution in [2.45, 2.75) is 13.8 Å². The van der Waals surface area contributed by atoms with Gasteiger partial charge < -0.3 is 15.1 Å². The van der Waals surface area contributed by atoms with E-state index < -0.39 is 0 Å². The lowest BCUT2D eigenvalue weighted by molar-refractivity contribution is 0.102. The molecule has 0 bridgehead atoms. The summed E-state index contributed by atoms with van der Waals surface area (Å²) in [5.41, 5.74) is 2.91. The van der Waals surface area contributed by atoms with Gasteiger partial charge in [0.25, 0.3) is 5.91 Å². The fraction of sp³-hybridized carbons (Fsp3) is 0.389. The minimum absolute atomic E-state index is 0.141. The molecule has 0 unspecified atom stereocenters. The van der Waals surface area contributed by atoms with Crippen LogP contribution in [0.2, 0.25) is 0 Å². The van der Waals surface area contributed by atoms with Gasteiger partial charge in [-0.25, -0.2) is 9.97 Å². The first-order valence-corrected chi connectivity index (χ1v) is 8.19. The average molecular weight is 325 g/mol. The highest BCUT2D eigenvalue weighted by Gasteiger charge is 2.19. The third-order valence-corrected chi connectivity index (χ3v) is 4.32. The summed E-state index contributed by atoms with van der Waals surface area (Å²) in [5, 5.41) is 2.94. The van der Waals surface area contributed by atoms with Crippen LogP contribution in [0.3, 0.4) is 0 Å². The van der Waals surface area contributed by atoms with E-state index in [0.717, 1.165) is 43.5 Å². The summed E-state index contributed by atoms with van der Waals surface area (Å²) < 4.78 is 0. The first kappa shape index (κ1) is 16.4. The lowest BCUT2D eigenvalue weighted by atomic mass is 10.2. The molecule has 6 nitrogen and oxygen atoms in total. The van der Waals surface area contributed by atoms with Gasteiger partial charge in [0.15, 0.2) is 0 Å². The number of hydrogen-bond acceptors (Lipinski definition) is 5. The van der Waals surface area contributed by atoms with Gasteiger partial charge in [0.2, 0.25) is 5.95 Å². The van der Waals surface area contributed by atoms with Crippen molar-refractivity contribution in [1.82, 2.24) is 14.9 Å². The van der Waals surface area contributed by atoms with Gasteiger partial charge in [-0.15, -0.1) is 0 Å². The highest BCUT2D eigenvalue weighted by Crippen LogP contribution is 2.22. The SMILES string of the molecule is Cc1nc(N2CCN(C)CC2)nc(C)c1NC(=O)c1ccccc1. The zero-order valence-electron chi connectivity index (χ0n) is 14.4. The second-order valence-electron chi connectivity index (χ2n) is 6.18. The van der Waals surface area contributed by atoms with E-state index in [1.54, 1.807) is 12.1 Å². The van der Waals surface area contributed by atoms with Crippen LogP contribution in [0, 0.1) is 13.8 Å². The number of carbonyl (C=O) groups excluding carboxylic acids is 1. The predicted octanol–water partition coefficient (Wildman–Crippen LogP) is 2.10. The Morgan fingerprint density at radius 3 is 2.17 bits per heavy atom. The molecule has 6 heteroatoms. The molecule has 24 heavy (non-hydrogen) atoms. The van der Waals surface area contributed by atoms with Gasteiger partial charge in [-0.05, 0) is 33.0 Å². The van der Waals surface area contributed by atoms with Crippen molar-refractivity contribution in [1.29, 1.82) is 0 Å². The lowest BCUT2D eigenvalue weighted by Crippen LogP contribution is -2.45. The minimum atomic E-state index is -0.141. The normalized spacial score (nSPS) is 15.4. The molecule has 1 aromatic carbocycles. The van der Waals surface area contributed by atoms with E-state index >= 15 is 0 Å². The van der Waals surface area contributed by atoms with Crippen molar-refractivity contribution in [3.63, 3.8) is 0 Å². The molecule has 2 heterocycles. The fourth-order valence-corrected chi connectivity index (χ4v) is 2.80. The van der Waals surface area contributed by atoms with E-state index in [-0.39, 0.29) is 5.91 Å². The number of nitrogens with one attached hydrogen (secondary N) is 1. The van der Waals surface area contributed by atoms with E-state index in [9.17, 15) is 4.79 Å². The molecule has 1 fully saturated rings. The summed E-state index contributed by atoms with van der Waals surface area (Å²) in [6.07, 6.45) is 0. The molecule has 0 radical (unpaired) electrons. The summed E-state index contributed by atoms with van der Waals surface area (Å²) in [7, 11) is 2.12. The minimum Gasteiger partial charge on any atom is -0.338 e. The van der Waals surface area contributed by atoms with Crippen LogP contribution >= 0.6 is 0 Å². The molecule has 0 spiro atoms. The van der Waals surface area contributed by atoms with Gasteiger partial charge >= 0.3 is 0 Å². The van der Waals surface area contributed by atoms with E-state index in [1.165, 1.54) is 0 Å². The van der Waals surface area contributed by atoms with E-state index in [2.05, 4.69) is 32.1 Å². The Kier molecular flexibility index (Phi) is 4.76. The van der Waals surface area contributed by atoms with Gasteiger partial charge in [0, 0.05) is 31.7 Å². The number of benzene rings is 1. The first-order valence-electron chi connectivity index (χ1n) is 8.19. The Bertz CT molecular complexity index is 700. The Labute approximate surface area is 142 Å². The summed E-state index contributed by atoms with van der Waals surface area (Å²) in [6, 6.07) is 9.17. The predicted molar refractivity (Wildman–Crippen MR) is 95.6 cm³/mol. The summed E-state index contributed by atoms with van der Waals surface area (Å²) in [5.74, 6) is 0.605. The number of piperazine rings is 1. The maximum absolute atomic E-state index is 12.4. The largest absolute Gasteiger partial charge is 0.338 e. The second kappa shape index (κ2) is 6.97. The smallest absolute Gasteiger partial charge is 0.255 e. The maximum Gasteiger partial charge on any atom is 0.255 e. The van der Waals surface area contributed by atoms with Crippen molar-refractivity contribution in [3.8, 4) is 0 Å². The lowest BCUT2D eigenvalue weighted by Gasteiger charge is -2.32. The molecule has 0 aliphatic carbocycles. The van der Waals surface area contributed by atoms with Gasteiger partial charge in [0.1, 0.15) is 0 Å². The molecular formula is C18H23N5O. The van der Waals surface area contributed by atoms with Crippen molar-refractivity contribution in [2.75, 3.05) is 43.4 Å². The number of hydrogen-bond donors (Lipinski definition) is 1. The number of amides is 1. The van der Waals surface area contributed by atoms with Crippen LogP contribution in [-0.2, 0) is 0 Å². The number of carbonyl (C=O) groups is 1. The van der Waals surface area contributed by atoms with Crippen LogP contribution in [0.15, 0.2) is 30.3 Å². The maximum atomic E-state index is 12.4. The Balaban J connectivity index is 1.79. The van der Waals surface area contributed by atoms with Crippen molar-refractivity contribution in [2.24, 2.45) is 0 Å². The molecule has 1 aliphatic rings. The molecule has 1 N–H and O–H groups in total. The summed E-state index contributed by atoms with van der Waals surface area (Å²) >= 11 is 0. The van der Waals surface area contributed by atoms with Crippen molar-refractivity contribution < 1.29 is 4.79 Å². The fourth-order valence-electron chi connectivity index (χ4n) is 2.80. The highest BCUT2D eigenvalue weighted by molar-refractivity contribution is 6.04. The third-order valence-electron chi connectivity index (χ3n) is 4.32. The zero-order valence-corrected chi connectivity index (χ0v) is 14.4. The number of likely N-dealkylation sites (N-methyl/N-ethyl adjacent to an activating group) is 1. The van der Waals surface area contributed by atoms with Gasteiger partial charge in [-0.1, -0.05) is 18.2 Å². The molecule has 1 aromatic heterocycles. The van der Waals surface area contributed by atoms with Gasteiger partial charge in [0.05, 0.1) is 17.1 Å². The standard InChI is InChI=1S/C18H23N5O/c1-13-16(21-17(24)15-7-5-4-6-8-15)14(2)20-18(19-13)23-11-9-22(3)10-12-23/h4-8H,9-12H2,1-3H3,(H,21,24). The summed E-state index contributed by atoms with van der Waals surface area (Å²) in [4.78, 5) is 26.1. The third kappa shape index (κ3) is 3.54. The molecular weight excluding hydrogens is 302 g/mol. The van der Waals surface area contributed by atoms with Crippen molar-refractivity contribution in [3.05, 3.63) is 47.3 Å². The van der Waals surface area contributed by atoms with Gasteiger partial charge in [-0.3, -0.25) is 4.79 Å². The van der Waals surface area contributed by atoms with Crippen LogP contribution in [0.5, 0.6) is 0 Å². The number of nitrogens with zero attached hydrogens (tertiary/aromatic N) is 4. The molecule has 1 saturated heterocycles. The van der Waals surface area contributed by atoms with Crippen molar-refractivity contribution >= 4 is 17.5 Å². The topological polar surface area (TPSA) is 61.4 Å². The molecule has 0 atom stereocenters. The number of aromatic nitrogens is 2. The van der Waals surface area contributed by atoms with Gasteiger partial charge in [-0.2, -0.15) is 0 Å². The van der Waals surface area contributed by atoms with E-state index in [0.29, 0.717) is 11.3 Å². The highest BCUT2D eigenvalue weighted by atomic mass is 16.1.